The van der Waals surface area contributed by atoms with Gasteiger partial charge in [-0.15, -0.1) is 10.2 Å². The monoisotopic (exact) mass is 1040 g/mol. The second kappa shape index (κ2) is 24.0. The summed E-state index contributed by atoms with van der Waals surface area (Å²) in [6, 6.07) is 48.6. The predicted molar refractivity (Wildman–Crippen MR) is 305 cm³/mol. The molecule has 9 aromatic rings. The number of carbonyl (C=O) groups excluding carboxylic acids is 4. The first kappa shape index (κ1) is 52.6. The molecule has 78 heavy (non-hydrogen) atoms. The molecule has 6 N–H and O–H groups in total. The number of carbonyl (C=O) groups is 4. The maximum absolute atomic E-state index is 14.4. The molecule has 0 saturated heterocycles. The van der Waals surface area contributed by atoms with E-state index >= 15 is 0 Å². The van der Waals surface area contributed by atoms with Gasteiger partial charge in [-0.25, -0.2) is 0 Å². The van der Waals surface area contributed by atoms with E-state index in [1.165, 1.54) is 6.07 Å². The Bertz CT molecular complexity index is 3780. The van der Waals surface area contributed by atoms with Gasteiger partial charge in [-0.05, 0) is 134 Å². The Morgan fingerprint density at radius 2 is 0.795 bits per heavy atom. The second-order valence-electron chi connectivity index (χ2n) is 17.7. The van der Waals surface area contributed by atoms with Crippen LogP contribution < -0.4 is 30.7 Å². The summed E-state index contributed by atoms with van der Waals surface area (Å²) in [4.78, 5) is 55.5. The molecule has 0 spiro atoms. The number of ether oxygens (including phenoxy) is 2. The number of para-hydroxylation sites is 2. The van der Waals surface area contributed by atoms with Crippen LogP contribution in [0.25, 0.3) is 21.5 Å². The van der Waals surface area contributed by atoms with Crippen molar-refractivity contribution in [1.29, 1.82) is 0 Å². The smallest absolute Gasteiger partial charge is 0.259 e. The van der Waals surface area contributed by atoms with Gasteiger partial charge in [0.15, 0.2) is 11.5 Å². The van der Waals surface area contributed by atoms with Crippen LogP contribution in [0.3, 0.4) is 0 Å². The van der Waals surface area contributed by atoms with Gasteiger partial charge in [0.1, 0.15) is 22.9 Å². The predicted octanol–water partition coefficient (Wildman–Crippen LogP) is 15.2. The number of hydrogen-bond acceptors (Lipinski definition) is 12. The fourth-order valence-corrected chi connectivity index (χ4v) is 8.85. The first-order valence-corrected chi connectivity index (χ1v) is 25.3. The molecule has 0 aliphatic carbocycles. The number of rotatable bonds is 18. The van der Waals surface area contributed by atoms with Crippen LogP contribution in [-0.4, -0.2) is 47.1 Å². The van der Waals surface area contributed by atoms with Gasteiger partial charge in [0.05, 0.1) is 46.8 Å². The van der Waals surface area contributed by atoms with Crippen molar-refractivity contribution >= 4 is 90.7 Å². The highest BCUT2D eigenvalue weighted by atomic mass is 16.5. The lowest BCUT2D eigenvalue weighted by atomic mass is 9.99. The van der Waals surface area contributed by atoms with Crippen molar-refractivity contribution in [2.75, 3.05) is 34.5 Å². The highest BCUT2D eigenvalue weighted by Crippen LogP contribution is 2.42. The van der Waals surface area contributed by atoms with Crippen LogP contribution in [0, 0.1) is 0 Å². The first-order valence-electron chi connectivity index (χ1n) is 25.3. The fourth-order valence-electron chi connectivity index (χ4n) is 8.85. The Morgan fingerprint density at radius 1 is 0.410 bits per heavy atom. The fraction of sp³-hybridized carbons (Fsp3) is 0.129. The molecule has 0 radical (unpaired) electrons. The molecule has 9 rings (SSSR count). The zero-order valence-corrected chi connectivity index (χ0v) is 43.1. The van der Waals surface area contributed by atoms with E-state index in [0.29, 0.717) is 104 Å². The third-order valence-corrected chi connectivity index (χ3v) is 12.6. The molecule has 0 heterocycles. The third-order valence-electron chi connectivity index (χ3n) is 12.6. The molecule has 0 bridgehead atoms. The summed E-state index contributed by atoms with van der Waals surface area (Å²) in [5, 5.41) is 55.4. The van der Waals surface area contributed by atoms with Gasteiger partial charge in [0.25, 0.3) is 23.6 Å². The number of aromatic hydroxyl groups is 2. The number of phenols is 2. The summed E-state index contributed by atoms with van der Waals surface area (Å²) in [7, 11) is 0. The lowest BCUT2D eigenvalue weighted by Crippen LogP contribution is -2.17. The number of anilines is 4. The molecule has 16 nitrogen and oxygen atoms in total. The lowest BCUT2D eigenvalue weighted by molar-refractivity contribution is 0.101. The molecule has 9 aromatic carbocycles. The van der Waals surface area contributed by atoms with E-state index in [4.69, 9.17) is 9.47 Å². The molecule has 0 atom stereocenters. The van der Waals surface area contributed by atoms with Crippen molar-refractivity contribution in [3.63, 3.8) is 0 Å². The number of azo groups is 2. The molecule has 0 saturated carbocycles. The molecule has 16 heteroatoms. The van der Waals surface area contributed by atoms with E-state index in [0.717, 1.165) is 0 Å². The van der Waals surface area contributed by atoms with Crippen molar-refractivity contribution in [3.8, 4) is 23.0 Å². The van der Waals surface area contributed by atoms with Gasteiger partial charge in [0, 0.05) is 33.5 Å². The zero-order chi connectivity index (χ0) is 54.7. The Hall–Kier alpha value is -10.2. The van der Waals surface area contributed by atoms with Gasteiger partial charge < -0.3 is 41.0 Å². The normalized spacial score (nSPS) is 11.2. The topological polar surface area (TPSA) is 225 Å². The molecule has 390 valence electrons. The summed E-state index contributed by atoms with van der Waals surface area (Å²) in [6.07, 6.45) is 0.881. The van der Waals surface area contributed by atoms with E-state index in [2.05, 4.69) is 41.7 Å². The number of hydrogen-bond donors (Lipinski definition) is 6. The number of nitrogens with zero attached hydrogens (tertiary/aromatic N) is 4. The number of benzene rings is 9. The molecular weight excluding hydrogens is 985 g/mol. The molecule has 0 fully saturated rings. The van der Waals surface area contributed by atoms with E-state index in [9.17, 15) is 29.4 Å². The second-order valence-corrected chi connectivity index (χ2v) is 17.7. The largest absolute Gasteiger partial charge is 0.505 e. The molecule has 0 aliphatic heterocycles. The number of aryl methyl sites for hydroxylation is 2. The number of amides is 4. The number of fused-ring (bicyclic) bond motifs is 2. The lowest BCUT2D eigenvalue weighted by Gasteiger charge is -2.18. The average molecular weight is 1040 g/mol. The first-order chi connectivity index (χ1) is 38.0. The minimum atomic E-state index is -0.628. The van der Waals surface area contributed by atoms with Gasteiger partial charge in [0.2, 0.25) is 0 Å². The number of phenolic OH excluding ortho intramolecular Hbond substituents is 2. The van der Waals surface area contributed by atoms with Gasteiger partial charge >= 0.3 is 0 Å². The summed E-state index contributed by atoms with van der Waals surface area (Å²) in [5.74, 6) is -2.18. The highest BCUT2D eigenvalue weighted by molar-refractivity contribution is 6.14. The van der Waals surface area contributed by atoms with Crippen LogP contribution in [0.15, 0.2) is 190 Å². The Morgan fingerprint density at radius 3 is 1.22 bits per heavy atom. The van der Waals surface area contributed by atoms with Gasteiger partial charge in [-0.1, -0.05) is 98.8 Å². The highest BCUT2D eigenvalue weighted by Gasteiger charge is 2.24. The van der Waals surface area contributed by atoms with Crippen LogP contribution in [0.5, 0.6) is 23.0 Å². The summed E-state index contributed by atoms with van der Waals surface area (Å²) in [6.45, 7) is 8.11. The molecular formula is C62H54N8O8. The standard InChI is InChI=1S/C62H54N8O8/c1-5-37-31-45(65-61(75)50-33-39-19-15-17-25-46(39)55(57(50)71)69-67-43-27-29-52(77-7-3)48(35-43)59(73)63-41-21-11-9-12-22-41)32-38(6-2)54(37)66-62(76)51-34-40-20-16-18-26-47(40)56(58(51)72)70-68-44-28-30-53(78-8-4)49(36-44)60(74)64-42-23-13-10-14-24-42/h9-36,71-72H,5-8H2,1-4H3,(H,63,73)(H,64,74)(H,65,75)(H,66,76). The average Bonchev–Trinajstić information content (AvgIpc) is 3.60. The molecule has 4 amide bonds. The van der Waals surface area contributed by atoms with E-state index in [1.807, 2.05) is 64.1 Å². The van der Waals surface area contributed by atoms with Crippen LogP contribution in [-0.2, 0) is 12.8 Å². The maximum atomic E-state index is 14.4. The van der Waals surface area contributed by atoms with Crippen LogP contribution in [0.1, 0.15) is 80.3 Å². The van der Waals surface area contributed by atoms with Crippen LogP contribution >= 0.6 is 0 Å². The SMILES string of the molecule is CCOc1ccc(N=Nc2c(O)c(C(=O)Nc3cc(CC)c(NC(=O)c4cc5ccccc5c(N=Nc5ccc(OCC)c(C(=O)Nc6ccccc6)c5)c4O)c(CC)c3)cc3ccccc23)cc1C(=O)Nc1ccccc1. The van der Waals surface area contributed by atoms with Crippen molar-refractivity contribution < 1.29 is 38.9 Å². The summed E-state index contributed by atoms with van der Waals surface area (Å²) < 4.78 is 11.5. The van der Waals surface area contributed by atoms with Crippen LogP contribution in [0.2, 0.25) is 0 Å². The quantitative estimate of drug-likeness (QED) is 0.0452. The zero-order valence-electron chi connectivity index (χ0n) is 43.1. The molecule has 0 unspecified atom stereocenters. The number of nitrogens with one attached hydrogen (secondary N) is 4. The van der Waals surface area contributed by atoms with Gasteiger partial charge in [-0.2, -0.15) is 10.2 Å². The van der Waals surface area contributed by atoms with Crippen molar-refractivity contribution in [2.24, 2.45) is 20.5 Å². The summed E-state index contributed by atoms with van der Waals surface area (Å²) in [5.41, 5.74) is 4.49. The van der Waals surface area contributed by atoms with E-state index in [-0.39, 0.29) is 33.6 Å². The minimum absolute atomic E-state index is 0.0411. The molecule has 0 aliphatic rings. The maximum Gasteiger partial charge on any atom is 0.259 e. The van der Waals surface area contributed by atoms with Crippen molar-refractivity contribution in [3.05, 3.63) is 203 Å². The Labute approximate surface area is 449 Å². The van der Waals surface area contributed by atoms with Crippen molar-refractivity contribution in [2.45, 2.75) is 40.5 Å². The Kier molecular flexibility index (Phi) is 16.2. The minimum Gasteiger partial charge on any atom is -0.505 e. The van der Waals surface area contributed by atoms with Gasteiger partial charge in [-0.3, -0.25) is 19.2 Å². The Balaban J connectivity index is 0.979. The van der Waals surface area contributed by atoms with E-state index < -0.39 is 35.1 Å². The van der Waals surface area contributed by atoms with Crippen LogP contribution in [0.4, 0.5) is 45.5 Å². The van der Waals surface area contributed by atoms with E-state index in [1.54, 1.807) is 127 Å². The van der Waals surface area contributed by atoms with Crippen molar-refractivity contribution in [1.82, 2.24) is 0 Å². The third kappa shape index (κ3) is 11.7. The molecule has 0 aromatic heterocycles. The summed E-state index contributed by atoms with van der Waals surface area (Å²) >= 11 is 0.